The molecule has 0 saturated carbocycles. The summed E-state index contributed by atoms with van der Waals surface area (Å²) in [7, 11) is 0. The molecule has 0 spiro atoms. The Morgan fingerprint density at radius 2 is 1.83 bits per heavy atom. The Kier molecular flexibility index (Phi) is 3.21. The first-order valence-corrected chi connectivity index (χ1v) is 5.32. The van der Waals surface area contributed by atoms with Crippen LogP contribution in [0.3, 0.4) is 0 Å². The van der Waals surface area contributed by atoms with Crippen molar-refractivity contribution < 1.29 is 18.3 Å². The molecule has 0 aliphatic heterocycles. The first-order chi connectivity index (χ1) is 8.38. The molecule has 18 heavy (non-hydrogen) atoms. The van der Waals surface area contributed by atoms with Gasteiger partial charge in [0.15, 0.2) is 10.9 Å². The van der Waals surface area contributed by atoms with Crippen molar-refractivity contribution >= 4 is 11.6 Å². The molecule has 0 saturated heterocycles. The molecule has 0 bridgehead atoms. The largest absolute Gasteiger partial charge is 0.504 e. The van der Waals surface area contributed by atoms with Crippen molar-refractivity contribution in [2.75, 3.05) is 0 Å². The molecular weight excluding hydrogens is 269 g/mol. The topological polar surface area (TPSA) is 38.1 Å². The second kappa shape index (κ2) is 4.53. The van der Waals surface area contributed by atoms with Crippen molar-refractivity contribution in [2.24, 2.45) is 0 Å². The van der Waals surface area contributed by atoms with Crippen LogP contribution in [0.15, 0.2) is 30.5 Å². The number of rotatable bonds is 2. The summed E-state index contributed by atoms with van der Waals surface area (Å²) in [6, 6.07) is 4.68. The third-order valence-electron chi connectivity index (χ3n) is 2.37. The Hall–Kier alpha value is -1.69. The minimum absolute atomic E-state index is 0.0508. The zero-order chi connectivity index (χ0) is 13.3. The summed E-state index contributed by atoms with van der Waals surface area (Å²) < 4.78 is 38.3. The van der Waals surface area contributed by atoms with Gasteiger partial charge in [0.05, 0.1) is 18.3 Å². The summed E-state index contributed by atoms with van der Waals surface area (Å²) in [5.41, 5.74) is -0.103. The van der Waals surface area contributed by atoms with Gasteiger partial charge in [-0.2, -0.15) is 18.3 Å². The highest BCUT2D eigenvalue weighted by Crippen LogP contribution is 2.29. The lowest BCUT2D eigenvalue weighted by molar-refractivity contribution is -0.137. The fourth-order valence-electron chi connectivity index (χ4n) is 1.44. The summed E-state index contributed by atoms with van der Waals surface area (Å²) in [5, 5.41) is 13.0. The predicted molar refractivity (Wildman–Crippen MR) is 59.4 cm³/mol. The van der Waals surface area contributed by atoms with Gasteiger partial charge >= 0.3 is 6.18 Å². The van der Waals surface area contributed by atoms with E-state index in [-0.39, 0.29) is 17.4 Å². The second-order valence-corrected chi connectivity index (χ2v) is 4.03. The van der Waals surface area contributed by atoms with Crippen LogP contribution in [-0.2, 0) is 12.7 Å². The number of hydrogen-bond donors (Lipinski definition) is 1. The van der Waals surface area contributed by atoms with E-state index in [1.54, 1.807) is 0 Å². The molecule has 2 aromatic rings. The van der Waals surface area contributed by atoms with E-state index in [4.69, 9.17) is 11.6 Å². The van der Waals surface area contributed by atoms with Crippen LogP contribution in [-0.4, -0.2) is 14.9 Å². The van der Waals surface area contributed by atoms with Gasteiger partial charge in [0.2, 0.25) is 0 Å². The van der Waals surface area contributed by atoms with Crippen LogP contribution in [0.2, 0.25) is 5.15 Å². The van der Waals surface area contributed by atoms with Crippen LogP contribution in [0, 0.1) is 0 Å². The minimum Gasteiger partial charge on any atom is -0.504 e. The van der Waals surface area contributed by atoms with Crippen LogP contribution >= 0.6 is 11.6 Å². The molecule has 0 radical (unpaired) electrons. The predicted octanol–water partition coefficient (Wildman–Crippen LogP) is 3.31. The Bertz CT molecular complexity index is 548. The minimum atomic E-state index is -4.35. The highest BCUT2D eigenvalue weighted by molar-refractivity contribution is 6.30. The second-order valence-electron chi connectivity index (χ2n) is 3.67. The van der Waals surface area contributed by atoms with Gasteiger partial charge in [-0.1, -0.05) is 23.7 Å². The monoisotopic (exact) mass is 276 g/mol. The summed E-state index contributed by atoms with van der Waals surface area (Å²) in [6.07, 6.45) is -3.17. The molecule has 0 amide bonds. The van der Waals surface area contributed by atoms with E-state index >= 15 is 0 Å². The van der Waals surface area contributed by atoms with E-state index in [9.17, 15) is 18.3 Å². The molecule has 0 aliphatic rings. The standard InChI is InChI=1S/C11H8ClF3N2O/c12-10-9(18)5-16-17(10)6-7-1-3-8(4-2-7)11(13,14)15/h1-5,18H,6H2. The van der Waals surface area contributed by atoms with Gasteiger partial charge in [0, 0.05) is 0 Å². The van der Waals surface area contributed by atoms with Gasteiger partial charge in [-0.3, -0.25) is 0 Å². The number of hydrogen-bond acceptors (Lipinski definition) is 2. The van der Waals surface area contributed by atoms with Crippen LogP contribution < -0.4 is 0 Å². The number of nitrogens with zero attached hydrogens (tertiary/aromatic N) is 2. The van der Waals surface area contributed by atoms with Crippen molar-refractivity contribution in [2.45, 2.75) is 12.7 Å². The molecule has 1 aromatic carbocycles. The van der Waals surface area contributed by atoms with E-state index in [0.717, 1.165) is 12.1 Å². The molecule has 1 heterocycles. The van der Waals surface area contributed by atoms with Gasteiger partial charge in [-0.15, -0.1) is 0 Å². The zero-order valence-corrected chi connectivity index (χ0v) is 9.70. The lowest BCUT2D eigenvalue weighted by atomic mass is 10.1. The molecule has 7 heteroatoms. The first kappa shape index (κ1) is 12.8. The molecule has 0 fully saturated rings. The lowest BCUT2D eigenvalue weighted by Crippen LogP contribution is -2.06. The summed E-state index contributed by atoms with van der Waals surface area (Å²) >= 11 is 5.73. The van der Waals surface area contributed by atoms with E-state index in [1.165, 1.54) is 23.0 Å². The van der Waals surface area contributed by atoms with Crippen LogP contribution in [0.5, 0.6) is 5.75 Å². The van der Waals surface area contributed by atoms with Crippen molar-refractivity contribution in [3.8, 4) is 5.75 Å². The molecule has 96 valence electrons. The fraction of sp³-hybridized carbons (Fsp3) is 0.182. The normalized spacial score (nSPS) is 11.8. The maximum absolute atomic E-state index is 12.3. The number of benzene rings is 1. The van der Waals surface area contributed by atoms with Crippen molar-refractivity contribution in [3.05, 3.63) is 46.7 Å². The number of aromatic nitrogens is 2. The maximum atomic E-state index is 12.3. The average Bonchev–Trinajstić information content (AvgIpc) is 2.61. The Labute approximate surface area is 105 Å². The highest BCUT2D eigenvalue weighted by atomic mass is 35.5. The fourth-order valence-corrected chi connectivity index (χ4v) is 1.60. The number of aromatic hydroxyl groups is 1. The van der Waals surface area contributed by atoms with E-state index in [0.29, 0.717) is 5.56 Å². The molecular formula is C11H8ClF3N2O. The summed E-state index contributed by atoms with van der Waals surface area (Å²) in [4.78, 5) is 0. The Morgan fingerprint density at radius 3 is 2.28 bits per heavy atom. The SMILES string of the molecule is Oc1cnn(Cc2ccc(C(F)(F)F)cc2)c1Cl. The lowest BCUT2D eigenvalue weighted by Gasteiger charge is -2.08. The summed E-state index contributed by atoms with van der Waals surface area (Å²) in [6.45, 7) is 0.192. The maximum Gasteiger partial charge on any atom is 0.416 e. The zero-order valence-electron chi connectivity index (χ0n) is 8.95. The first-order valence-electron chi connectivity index (χ1n) is 4.94. The van der Waals surface area contributed by atoms with Gasteiger partial charge in [-0.05, 0) is 17.7 Å². The molecule has 1 N–H and O–H groups in total. The highest BCUT2D eigenvalue weighted by Gasteiger charge is 2.29. The molecule has 0 aliphatic carbocycles. The Morgan fingerprint density at radius 1 is 1.22 bits per heavy atom. The smallest absolute Gasteiger partial charge is 0.416 e. The van der Waals surface area contributed by atoms with Crippen LogP contribution in [0.25, 0.3) is 0 Å². The molecule has 2 rings (SSSR count). The van der Waals surface area contributed by atoms with Crippen LogP contribution in [0.1, 0.15) is 11.1 Å². The van der Waals surface area contributed by atoms with Gasteiger partial charge in [0.25, 0.3) is 0 Å². The third-order valence-corrected chi connectivity index (χ3v) is 2.76. The Balaban J connectivity index is 2.19. The third kappa shape index (κ3) is 2.59. The molecule has 0 unspecified atom stereocenters. The van der Waals surface area contributed by atoms with Crippen molar-refractivity contribution in [1.82, 2.24) is 9.78 Å². The van der Waals surface area contributed by atoms with Crippen LogP contribution in [0.4, 0.5) is 13.2 Å². The van der Waals surface area contributed by atoms with E-state index < -0.39 is 11.7 Å². The summed E-state index contributed by atoms with van der Waals surface area (Å²) in [5.74, 6) is -0.163. The molecule has 0 atom stereocenters. The van der Waals surface area contributed by atoms with Gasteiger partial charge in [0.1, 0.15) is 0 Å². The number of alkyl halides is 3. The van der Waals surface area contributed by atoms with Crippen molar-refractivity contribution in [1.29, 1.82) is 0 Å². The quantitative estimate of drug-likeness (QED) is 0.914. The molecule has 3 nitrogen and oxygen atoms in total. The van der Waals surface area contributed by atoms with E-state index in [2.05, 4.69) is 5.10 Å². The van der Waals surface area contributed by atoms with Gasteiger partial charge in [-0.25, -0.2) is 4.68 Å². The average molecular weight is 277 g/mol. The van der Waals surface area contributed by atoms with E-state index in [1.807, 2.05) is 0 Å². The number of halogens is 4. The molecule has 1 aromatic heterocycles. The van der Waals surface area contributed by atoms with Gasteiger partial charge < -0.3 is 5.11 Å². The van der Waals surface area contributed by atoms with Crippen molar-refractivity contribution in [3.63, 3.8) is 0 Å².